The number of rotatable bonds is 2. The van der Waals surface area contributed by atoms with E-state index in [9.17, 15) is 9.59 Å². The van der Waals surface area contributed by atoms with Gasteiger partial charge in [0.05, 0.1) is 0 Å². The Morgan fingerprint density at radius 2 is 1.95 bits per heavy atom. The number of para-hydroxylation sites is 1. The highest BCUT2D eigenvalue weighted by molar-refractivity contribution is 6.10. The second-order valence-electron chi connectivity index (χ2n) is 4.52. The molecule has 1 amide bonds. The molecule has 0 aliphatic carbocycles. The zero-order chi connectivity index (χ0) is 14.1. The molecule has 1 aliphatic heterocycles. The number of nitrogens with zero attached hydrogens (tertiary/aromatic N) is 3. The van der Waals surface area contributed by atoms with Crippen molar-refractivity contribution in [2.45, 2.75) is 12.8 Å². The van der Waals surface area contributed by atoms with Crippen molar-refractivity contribution in [1.82, 2.24) is 15.4 Å². The van der Waals surface area contributed by atoms with E-state index < -0.39 is 11.9 Å². The molecular weight excluding hydrogens is 260 g/mol. The number of amides is 1. The first-order valence-electron chi connectivity index (χ1n) is 6.22. The molecule has 2 N–H and O–H groups in total. The smallest absolute Gasteiger partial charge is 0.358 e. The predicted molar refractivity (Wildman–Crippen MR) is 69.8 cm³/mol. The van der Waals surface area contributed by atoms with E-state index in [4.69, 9.17) is 5.11 Å². The maximum absolute atomic E-state index is 12.5. The molecule has 3 rings (SSSR count). The Hall–Kier alpha value is -2.70. The van der Waals surface area contributed by atoms with Crippen LogP contribution in [0.2, 0.25) is 0 Å². The largest absolute Gasteiger partial charge is 0.476 e. The average molecular weight is 272 g/mol. The first kappa shape index (κ1) is 12.3. The van der Waals surface area contributed by atoms with E-state index >= 15 is 0 Å². The molecule has 0 saturated heterocycles. The van der Waals surface area contributed by atoms with Gasteiger partial charge in [0.1, 0.15) is 0 Å². The van der Waals surface area contributed by atoms with Gasteiger partial charge in [0.25, 0.3) is 5.91 Å². The molecule has 1 aliphatic rings. The van der Waals surface area contributed by atoms with E-state index in [2.05, 4.69) is 15.4 Å². The van der Waals surface area contributed by atoms with Gasteiger partial charge in [-0.2, -0.15) is 5.21 Å². The molecule has 0 saturated carbocycles. The topological polar surface area (TPSA) is 99.2 Å². The van der Waals surface area contributed by atoms with Crippen LogP contribution in [0.4, 0.5) is 5.69 Å². The number of carboxylic acids is 1. The van der Waals surface area contributed by atoms with Crippen LogP contribution in [-0.2, 0) is 6.42 Å². The Bertz CT molecular complexity index is 680. The Kier molecular flexibility index (Phi) is 2.94. The zero-order valence-corrected chi connectivity index (χ0v) is 10.5. The minimum Gasteiger partial charge on any atom is -0.476 e. The molecule has 102 valence electrons. The van der Waals surface area contributed by atoms with E-state index in [1.165, 1.54) is 0 Å². The summed E-state index contributed by atoms with van der Waals surface area (Å²) in [5.41, 5.74) is 1.38. The number of H-pyrrole nitrogens is 1. The first-order chi connectivity index (χ1) is 9.68. The lowest BCUT2D eigenvalue weighted by molar-refractivity contribution is 0.0685. The summed E-state index contributed by atoms with van der Waals surface area (Å²) in [5, 5.41) is 18.4. The highest BCUT2D eigenvalue weighted by Gasteiger charge is 2.29. The van der Waals surface area contributed by atoms with Crippen molar-refractivity contribution in [2.24, 2.45) is 0 Å². The van der Waals surface area contributed by atoms with Crippen LogP contribution >= 0.6 is 0 Å². The third kappa shape index (κ3) is 1.93. The normalized spacial score (nSPS) is 13.9. The van der Waals surface area contributed by atoms with Crippen molar-refractivity contribution in [1.29, 1.82) is 0 Å². The van der Waals surface area contributed by atoms with Gasteiger partial charge in [0, 0.05) is 12.2 Å². The van der Waals surface area contributed by atoms with E-state index in [1.54, 1.807) is 4.90 Å². The number of carbonyl (C=O) groups excluding carboxylic acids is 1. The van der Waals surface area contributed by atoms with Crippen molar-refractivity contribution < 1.29 is 14.7 Å². The molecular formula is C13H12N4O3. The molecule has 20 heavy (non-hydrogen) atoms. The van der Waals surface area contributed by atoms with Gasteiger partial charge >= 0.3 is 5.97 Å². The number of benzene rings is 1. The monoisotopic (exact) mass is 272 g/mol. The highest BCUT2D eigenvalue weighted by atomic mass is 16.4. The van der Waals surface area contributed by atoms with Crippen molar-refractivity contribution >= 4 is 17.6 Å². The van der Waals surface area contributed by atoms with Crippen LogP contribution in [0.15, 0.2) is 24.3 Å². The molecule has 0 atom stereocenters. The Morgan fingerprint density at radius 1 is 1.20 bits per heavy atom. The summed E-state index contributed by atoms with van der Waals surface area (Å²) in [5.74, 6) is -1.71. The summed E-state index contributed by atoms with van der Waals surface area (Å²) >= 11 is 0. The minimum atomic E-state index is -1.27. The SMILES string of the molecule is O=C(O)c1n[nH]nc1C(=O)N1CCCc2ccccc21. The molecule has 0 unspecified atom stereocenters. The Morgan fingerprint density at radius 3 is 2.75 bits per heavy atom. The summed E-state index contributed by atoms with van der Waals surface area (Å²) in [6.45, 7) is 0.543. The zero-order valence-electron chi connectivity index (χ0n) is 10.5. The van der Waals surface area contributed by atoms with E-state index in [0.29, 0.717) is 6.54 Å². The van der Waals surface area contributed by atoms with Gasteiger partial charge in [0.15, 0.2) is 5.69 Å². The molecule has 1 aromatic carbocycles. The highest BCUT2D eigenvalue weighted by Crippen LogP contribution is 2.28. The number of aromatic nitrogens is 3. The van der Waals surface area contributed by atoms with Crippen LogP contribution < -0.4 is 4.90 Å². The second-order valence-corrected chi connectivity index (χ2v) is 4.52. The molecule has 0 spiro atoms. The number of carboxylic acid groups (broad SMARTS) is 1. The van der Waals surface area contributed by atoms with Crippen LogP contribution in [-0.4, -0.2) is 38.9 Å². The molecule has 1 aromatic heterocycles. The average Bonchev–Trinajstić information content (AvgIpc) is 2.95. The van der Waals surface area contributed by atoms with Crippen LogP contribution in [0.5, 0.6) is 0 Å². The third-order valence-corrected chi connectivity index (χ3v) is 3.31. The number of aryl methyl sites for hydroxylation is 1. The van der Waals surface area contributed by atoms with Crippen molar-refractivity contribution in [3.63, 3.8) is 0 Å². The maximum atomic E-state index is 12.5. The first-order valence-corrected chi connectivity index (χ1v) is 6.22. The van der Waals surface area contributed by atoms with Gasteiger partial charge in [-0.3, -0.25) is 4.79 Å². The number of fused-ring (bicyclic) bond motifs is 1. The van der Waals surface area contributed by atoms with Gasteiger partial charge in [-0.15, -0.1) is 10.2 Å². The summed E-state index contributed by atoms with van der Waals surface area (Å²) in [6, 6.07) is 7.60. The Labute approximate surface area is 114 Å². The standard InChI is InChI=1S/C13H12N4O3/c18-12(10-11(13(19)20)15-16-14-10)17-7-3-5-8-4-1-2-6-9(8)17/h1-2,4,6H,3,5,7H2,(H,19,20)(H,14,15,16). The van der Waals surface area contributed by atoms with Gasteiger partial charge in [0.2, 0.25) is 5.69 Å². The summed E-state index contributed by atoms with van der Waals surface area (Å²) in [4.78, 5) is 25.1. The van der Waals surface area contributed by atoms with E-state index in [1.807, 2.05) is 24.3 Å². The fourth-order valence-electron chi connectivity index (χ4n) is 2.40. The lowest BCUT2D eigenvalue weighted by Crippen LogP contribution is -2.36. The lowest BCUT2D eigenvalue weighted by Gasteiger charge is -2.28. The van der Waals surface area contributed by atoms with Crippen LogP contribution in [0.25, 0.3) is 0 Å². The number of aromatic amines is 1. The van der Waals surface area contributed by atoms with Gasteiger partial charge in [-0.1, -0.05) is 18.2 Å². The third-order valence-electron chi connectivity index (χ3n) is 3.31. The summed E-state index contributed by atoms with van der Waals surface area (Å²) in [6.07, 6.45) is 1.74. The van der Waals surface area contributed by atoms with Gasteiger partial charge < -0.3 is 10.0 Å². The van der Waals surface area contributed by atoms with Gasteiger partial charge in [-0.25, -0.2) is 4.79 Å². The van der Waals surface area contributed by atoms with Gasteiger partial charge in [-0.05, 0) is 24.5 Å². The number of hydrogen-bond donors (Lipinski definition) is 2. The number of aromatic carboxylic acids is 1. The minimum absolute atomic E-state index is 0.158. The Balaban J connectivity index is 2.00. The number of carbonyl (C=O) groups is 2. The van der Waals surface area contributed by atoms with Crippen LogP contribution in [0, 0.1) is 0 Å². The fraction of sp³-hybridized carbons (Fsp3) is 0.231. The molecule has 0 bridgehead atoms. The van der Waals surface area contributed by atoms with E-state index in [0.717, 1.165) is 24.1 Å². The molecule has 0 fully saturated rings. The predicted octanol–water partition coefficient (Wildman–Crippen LogP) is 1.10. The second kappa shape index (κ2) is 4.76. The van der Waals surface area contributed by atoms with Crippen molar-refractivity contribution in [3.05, 3.63) is 41.2 Å². The molecule has 2 aromatic rings. The molecule has 0 radical (unpaired) electrons. The molecule has 2 heterocycles. The number of nitrogens with one attached hydrogen (secondary N) is 1. The number of anilines is 1. The number of hydrogen-bond acceptors (Lipinski definition) is 4. The van der Waals surface area contributed by atoms with E-state index in [-0.39, 0.29) is 11.4 Å². The van der Waals surface area contributed by atoms with Crippen molar-refractivity contribution in [2.75, 3.05) is 11.4 Å². The lowest BCUT2D eigenvalue weighted by atomic mass is 10.0. The fourth-order valence-corrected chi connectivity index (χ4v) is 2.40. The summed E-state index contributed by atoms with van der Waals surface area (Å²) < 4.78 is 0. The molecule has 7 heteroatoms. The quantitative estimate of drug-likeness (QED) is 0.852. The molecule has 7 nitrogen and oxygen atoms in total. The van der Waals surface area contributed by atoms with Crippen LogP contribution in [0.3, 0.4) is 0 Å². The maximum Gasteiger partial charge on any atom is 0.358 e. The van der Waals surface area contributed by atoms with Crippen LogP contribution in [0.1, 0.15) is 33.0 Å². The summed E-state index contributed by atoms with van der Waals surface area (Å²) in [7, 11) is 0. The van der Waals surface area contributed by atoms with Crippen molar-refractivity contribution in [3.8, 4) is 0 Å².